The zero-order valence-electron chi connectivity index (χ0n) is 23.0. The summed E-state index contributed by atoms with van der Waals surface area (Å²) in [7, 11) is 2.39. The van der Waals surface area contributed by atoms with Crippen LogP contribution in [0.5, 0.6) is 0 Å². The number of alkyl halides is 2. The van der Waals surface area contributed by atoms with Gasteiger partial charge in [-0.1, -0.05) is 0 Å². The number of nitrogens with zero attached hydrogens (tertiary/aromatic N) is 7. The first-order valence-electron chi connectivity index (χ1n) is 13.2. The number of ether oxygens (including phenoxy) is 2. The normalized spacial score (nSPS) is 37.7. The van der Waals surface area contributed by atoms with Crippen molar-refractivity contribution in [2.45, 2.75) is 56.1 Å². The molecule has 4 aromatic heterocycles. The van der Waals surface area contributed by atoms with Crippen LogP contribution in [0.2, 0.25) is 0 Å². The van der Waals surface area contributed by atoms with Crippen LogP contribution in [-0.4, -0.2) is 104 Å². The van der Waals surface area contributed by atoms with E-state index in [2.05, 4.69) is 29.9 Å². The molecule has 0 aliphatic carbocycles. The number of hydrogen-bond acceptors (Lipinski definition) is 15. The van der Waals surface area contributed by atoms with Gasteiger partial charge in [-0.25, -0.2) is 33.7 Å². The number of aromatic amines is 1. The van der Waals surface area contributed by atoms with Crippen molar-refractivity contribution in [3.8, 4) is 0 Å². The first-order chi connectivity index (χ1) is 21.3. The van der Waals surface area contributed by atoms with Gasteiger partial charge in [0.1, 0.15) is 42.1 Å². The maximum atomic E-state index is 16.0. The molecule has 0 bridgehead atoms. The third-order valence-electron chi connectivity index (χ3n) is 7.39. The Labute approximate surface area is 253 Å². The Balaban J connectivity index is 1.17. The van der Waals surface area contributed by atoms with Crippen LogP contribution in [0.15, 0.2) is 23.8 Å². The highest BCUT2D eigenvalue weighted by Crippen LogP contribution is 2.54. The Bertz CT molecular complexity index is 1950. The van der Waals surface area contributed by atoms with Gasteiger partial charge in [0.05, 0.1) is 25.9 Å². The Morgan fingerprint density at radius 3 is 2.00 bits per heavy atom. The van der Waals surface area contributed by atoms with Crippen LogP contribution in [0.3, 0.4) is 0 Å². The van der Waals surface area contributed by atoms with Crippen molar-refractivity contribution >= 4 is 58.2 Å². The van der Waals surface area contributed by atoms with Gasteiger partial charge in [0.2, 0.25) is 15.1 Å². The second-order valence-electron chi connectivity index (χ2n) is 10.4. The number of aryl methyl sites for hydroxylation is 1. The number of nitrogens with two attached hydrogens (primary N) is 1. The van der Waals surface area contributed by atoms with Crippen molar-refractivity contribution in [2.24, 2.45) is 0 Å². The molecule has 0 amide bonds. The molecule has 4 unspecified atom stereocenters. The minimum atomic E-state index is -4.63. The van der Waals surface area contributed by atoms with Crippen LogP contribution in [-0.2, 0) is 36.7 Å². The molecule has 7 rings (SSSR count). The number of H-pyrrole nitrogens is 1. The first-order valence-corrected chi connectivity index (χ1v) is 16.4. The molecule has 3 fully saturated rings. The minimum absolute atomic E-state index is 0.0181. The highest BCUT2D eigenvalue weighted by Gasteiger charge is 2.53. The summed E-state index contributed by atoms with van der Waals surface area (Å²) in [5.74, 6) is 0.247. The molecule has 3 aliphatic heterocycles. The number of halogens is 2. The van der Waals surface area contributed by atoms with Crippen molar-refractivity contribution in [3.63, 3.8) is 0 Å². The molecule has 0 aromatic carbocycles. The van der Waals surface area contributed by atoms with Crippen LogP contribution >= 0.6 is 14.9 Å². The predicted octanol–water partition coefficient (Wildman–Crippen LogP) is 0.692. The largest absolute Gasteiger partial charge is 0.382 e. The fraction of sp³-hybridized carbons (Fsp3) is 0.524. The average molecular weight is 665 g/mol. The van der Waals surface area contributed by atoms with E-state index in [9.17, 15) is 13.9 Å². The van der Waals surface area contributed by atoms with Crippen molar-refractivity contribution < 1.29 is 45.5 Å². The van der Waals surface area contributed by atoms with Crippen LogP contribution in [0.4, 0.5) is 14.6 Å². The quantitative estimate of drug-likeness (QED) is 0.222. The van der Waals surface area contributed by atoms with Gasteiger partial charge in [-0.05, 0) is 6.92 Å². The third kappa shape index (κ3) is 5.42. The maximum Gasteiger partial charge on any atom is 0.279 e. The van der Waals surface area contributed by atoms with Gasteiger partial charge in [-0.3, -0.25) is 23.1 Å². The summed E-state index contributed by atoms with van der Waals surface area (Å²) in [4.78, 5) is 34.9. The lowest BCUT2D eigenvalue weighted by Gasteiger charge is -2.29. The Kier molecular flexibility index (Phi) is 7.48. The summed E-state index contributed by atoms with van der Waals surface area (Å²) in [5.41, 5.74) is 5.40. The van der Waals surface area contributed by atoms with E-state index in [4.69, 9.17) is 48.4 Å². The molecule has 234 valence electrons. The fourth-order valence-corrected chi connectivity index (χ4v) is 7.40. The molecule has 3 saturated heterocycles. The van der Waals surface area contributed by atoms with Crippen molar-refractivity contribution in [2.75, 3.05) is 18.9 Å². The smallest absolute Gasteiger partial charge is 0.279 e. The number of rotatable bonds is 2. The number of nitrogen functional groups attached to an aromatic ring is 1. The minimum Gasteiger partial charge on any atom is -0.382 e. The summed E-state index contributed by atoms with van der Waals surface area (Å²) in [6.45, 7) is 0.0164. The maximum absolute atomic E-state index is 16.0. The molecule has 0 saturated carbocycles. The molecule has 18 nitrogen and oxygen atoms in total. The van der Waals surface area contributed by atoms with Crippen LogP contribution in [0.25, 0.3) is 22.3 Å². The molecule has 45 heavy (non-hydrogen) atoms. The number of imidazole rings is 2. The standard InChI is InChI=1S/C21H21B2F2N9O9P2/c1-7-31-18-13(19(35)32-7)30-6-34(18)21-11(25)15-9(41-21)3-39-44(22,36)42-14-8(2-38-45(23,37)43-15)40-20(10(14)24)33-5-29-12-16(26)27-4-28-17(12)33/h4-6,8-11,14-15,20-21H,2-3H2,1H3,(H2,26,27,28)(H,31,32,35)/t8-,9-,10?,11+,14+,15?,20-,21-,44?,45?/m1/s1. The molecule has 24 heteroatoms. The predicted molar refractivity (Wildman–Crippen MR) is 149 cm³/mol. The summed E-state index contributed by atoms with van der Waals surface area (Å²) in [5, 5.41) is 0. The summed E-state index contributed by atoms with van der Waals surface area (Å²) in [6.07, 6.45) is -10.1. The number of anilines is 1. The second kappa shape index (κ2) is 11.0. The molecule has 4 aromatic rings. The van der Waals surface area contributed by atoms with Gasteiger partial charge in [-0.2, -0.15) is 0 Å². The lowest BCUT2D eigenvalue weighted by Crippen LogP contribution is -2.37. The lowest BCUT2D eigenvalue weighted by atomic mass is 10.1. The van der Waals surface area contributed by atoms with E-state index in [1.54, 1.807) is 0 Å². The van der Waals surface area contributed by atoms with E-state index in [1.165, 1.54) is 17.8 Å². The van der Waals surface area contributed by atoms with E-state index in [-0.39, 0.29) is 34.0 Å². The Hall–Kier alpha value is -3.09. The zero-order chi connectivity index (χ0) is 31.8. The Morgan fingerprint density at radius 2 is 1.42 bits per heavy atom. The second-order valence-corrected chi connectivity index (χ2v) is 13.5. The molecule has 4 radical (unpaired) electrons. The molecular weight excluding hydrogens is 644 g/mol. The SMILES string of the molecule is [B]P1(=O)OC[C@H]2O[C@@H](n3cnc4c(N)ncnc43)C(F)[C@H]2OP([B])(=O)OC[C@H]2O[C@@H](n3cnc4c(=O)[nH]c(C)nc43)[C@@H](F)C2O1. The summed E-state index contributed by atoms with van der Waals surface area (Å²) >= 11 is 0. The molecule has 7 heterocycles. The average Bonchev–Trinajstić information content (AvgIpc) is 3.72. The Morgan fingerprint density at radius 1 is 0.889 bits per heavy atom. The molecule has 10 atom stereocenters. The zero-order valence-corrected chi connectivity index (χ0v) is 24.7. The molecule has 3 aliphatic rings. The van der Waals surface area contributed by atoms with Gasteiger partial charge < -0.3 is 38.3 Å². The van der Waals surface area contributed by atoms with E-state index < -0.39 is 82.9 Å². The van der Waals surface area contributed by atoms with E-state index in [1.807, 2.05) is 0 Å². The monoisotopic (exact) mass is 665 g/mol. The van der Waals surface area contributed by atoms with Crippen LogP contribution < -0.4 is 11.3 Å². The fourth-order valence-electron chi connectivity index (χ4n) is 5.39. The number of fused-ring (bicyclic) bond motifs is 4. The van der Waals surface area contributed by atoms with E-state index in [0.29, 0.717) is 0 Å². The first kappa shape index (κ1) is 30.6. The van der Waals surface area contributed by atoms with Crippen molar-refractivity contribution in [3.05, 3.63) is 35.2 Å². The number of aromatic nitrogens is 8. The van der Waals surface area contributed by atoms with Gasteiger partial charge in [0.25, 0.3) is 20.5 Å². The van der Waals surface area contributed by atoms with Crippen LogP contribution in [0.1, 0.15) is 18.3 Å². The lowest BCUT2D eigenvalue weighted by molar-refractivity contribution is -0.0548. The molecular formula is C21H21B2F2N9O9P2. The number of hydrogen-bond donors (Lipinski definition) is 2. The third-order valence-corrected chi connectivity index (χ3v) is 9.49. The van der Waals surface area contributed by atoms with Gasteiger partial charge in [0.15, 0.2) is 47.4 Å². The highest BCUT2D eigenvalue weighted by atomic mass is 31.2. The van der Waals surface area contributed by atoms with E-state index >= 15 is 8.78 Å². The van der Waals surface area contributed by atoms with Gasteiger partial charge in [-0.15, -0.1) is 0 Å². The van der Waals surface area contributed by atoms with E-state index in [0.717, 1.165) is 17.2 Å². The van der Waals surface area contributed by atoms with Crippen LogP contribution in [0, 0.1) is 6.92 Å². The van der Waals surface area contributed by atoms with Crippen molar-refractivity contribution in [1.82, 2.24) is 39.0 Å². The molecule has 0 spiro atoms. The molecule has 3 N–H and O–H groups in total. The number of nitrogens with one attached hydrogen (secondary N) is 1. The topological polar surface area (TPSA) is 223 Å². The highest BCUT2D eigenvalue weighted by molar-refractivity contribution is 7.79. The van der Waals surface area contributed by atoms with Gasteiger partial charge in [0, 0.05) is 0 Å². The summed E-state index contributed by atoms with van der Waals surface area (Å²) < 4.78 is 93.6. The van der Waals surface area contributed by atoms with Crippen molar-refractivity contribution in [1.29, 1.82) is 0 Å². The summed E-state index contributed by atoms with van der Waals surface area (Å²) in [6, 6.07) is 0. The van der Waals surface area contributed by atoms with Gasteiger partial charge >= 0.3 is 0 Å².